The Balaban J connectivity index is 2.31. The van der Waals surface area contributed by atoms with Gasteiger partial charge in [-0.05, 0) is 11.6 Å². The zero-order valence-corrected chi connectivity index (χ0v) is 7.03. The van der Waals surface area contributed by atoms with Crippen LogP contribution in [0.4, 0.5) is 23.2 Å². The lowest BCUT2D eigenvalue weighted by Crippen LogP contribution is -2.34. The molecule has 1 aliphatic heterocycles. The van der Waals surface area contributed by atoms with Crippen LogP contribution < -0.4 is 5.32 Å². The van der Waals surface area contributed by atoms with E-state index in [0.717, 1.165) is 6.07 Å². The molecule has 1 aromatic carbocycles. The van der Waals surface area contributed by atoms with Gasteiger partial charge >= 0.3 is 6.18 Å². The molecule has 14 heavy (non-hydrogen) atoms. The zero-order chi connectivity index (χ0) is 10.3. The van der Waals surface area contributed by atoms with E-state index in [1.807, 2.05) is 0 Å². The van der Waals surface area contributed by atoms with Crippen LogP contribution in [0.5, 0.6) is 0 Å². The first-order chi connectivity index (χ1) is 6.48. The monoisotopic (exact) mass is 205 g/mol. The fraction of sp³-hybridized carbons (Fsp3) is 0.333. The standard InChI is InChI=1S/C9H7F4N/c10-6-3-1-2-5-4-7(9(11,12)13)14-8(5)6/h1-3,7,14H,4H2. The molecule has 5 heteroatoms. The Morgan fingerprint density at radius 1 is 1.29 bits per heavy atom. The predicted molar refractivity (Wildman–Crippen MR) is 43.6 cm³/mol. The summed E-state index contributed by atoms with van der Waals surface area (Å²) in [5, 5.41) is 2.14. The molecule has 1 aliphatic rings. The number of anilines is 1. The third-order valence-corrected chi connectivity index (χ3v) is 2.24. The van der Waals surface area contributed by atoms with Crippen molar-refractivity contribution in [3.8, 4) is 0 Å². The van der Waals surface area contributed by atoms with Crippen LogP contribution in [0.15, 0.2) is 18.2 Å². The summed E-state index contributed by atoms with van der Waals surface area (Å²) in [4.78, 5) is 0. The van der Waals surface area contributed by atoms with E-state index < -0.39 is 18.0 Å². The molecule has 0 bridgehead atoms. The molecule has 1 nitrogen and oxygen atoms in total. The molecule has 0 aromatic heterocycles. The smallest absolute Gasteiger partial charge is 0.371 e. The molecule has 76 valence electrons. The van der Waals surface area contributed by atoms with Crippen molar-refractivity contribution >= 4 is 5.69 Å². The topological polar surface area (TPSA) is 12.0 Å². The molecule has 0 aliphatic carbocycles. The van der Waals surface area contributed by atoms with Crippen molar-refractivity contribution in [2.45, 2.75) is 18.6 Å². The van der Waals surface area contributed by atoms with Gasteiger partial charge in [-0.2, -0.15) is 13.2 Å². The van der Waals surface area contributed by atoms with Gasteiger partial charge in [-0.15, -0.1) is 0 Å². The third kappa shape index (κ3) is 1.42. The van der Waals surface area contributed by atoms with Crippen LogP contribution in [0.3, 0.4) is 0 Å². The third-order valence-electron chi connectivity index (χ3n) is 2.24. The Kier molecular flexibility index (Phi) is 1.90. The van der Waals surface area contributed by atoms with E-state index in [1.54, 1.807) is 0 Å². The van der Waals surface area contributed by atoms with Crippen LogP contribution in [0.25, 0.3) is 0 Å². The second kappa shape index (κ2) is 2.87. The molecule has 0 saturated heterocycles. The van der Waals surface area contributed by atoms with Gasteiger partial charge < -0.3 is 5.32 Å². The van der Waals surface area contributed by atoms with Crippen molar-refractivity contribution in [1.82, 2.24) is 0 Å². The summed E-state index contributed by atoms with van der Waals surface area (Å²) in [6.07, 6.45) is -4.53. The number of hydrogen-bond donors (Lipinski definition) is 1. The van der Waals surface area contributed by atoms with Gasteiger partial charge in [0.25, 0.3) is 0 Å². The Bertz CT molecular complexity index is 358. The minimum atomic E-state index is -4.33. The number of alkyl halides is 3. The molecular formula is C9H7F4N. The second-order valence-electron chi connectivity index (χ2n) is 3.22. The van der Waals surface area contributed by atoms with Crippen molar-refractivity contribution in [3.63, 3.8) is 0 Å². The van der Waals surface area contributed by atoms with E-state index >= 15 is 0 Å². The molecule has 0 amide bonds. The molecule has 1 unspecified atom stereocenters. The van der Waals surface area contributed by atoms with Gasteiger partial charge in [0.15, 0.2) is 0 Å². The second-order valence-corrected chi connectivity index (χ2v) is 3.22. The van der Waals surface area contributed by atoms with Crippen LogP contribution in [0.2, 0.25) is 0 Å². The molecule has 0 fully saturated rings. The molecule has 0 spiro atoms. The molecular weight excluding hydrogens is 198 g/mol. The molecule has 1 aromatic rings. The first-order valence-electron chi connectivity index (χ1n) is 4.09. The minimum absolute atomic E-state index is 0.0187. The summed E-state index contributed by atoms with van der Waals surface area (Å²) >= 11 is 0. The molecule has 1 heterocycles. The first-order valence-corrected chi connectivity index (χ1v) is 4.09. The fourth-order valence-electron chi connectivity index (χ4n) is 1.54. The largest absolute Gasteiger partial charge is 0.408 e. The van der Waals surface area contributed by atoms with Gasteiger partial charge in [0, 0.05) is 6.42 Å². The quantitative estimate of drug-likeness (QED) is 0.642. The maximum Gasteiger partial charge on any atom is 0.408 e. The van der Waals surface area contributed by atoms with Gasteiger partial charge in [-0.25, -0.2) is 4.39 Å². The van der Waals surface area contributed by atoms with E-state index in [2.05, 4.69) is 5.32 Å². The average molecular weight is 205 g/mol. The van der Waals surface area contributed by atoms with Crippen LogP contribution in [0.1, 0.15) is 5.56 Å². The molecule has 1 N–H and O–H groups in total. The van der Waals surface area contributed by atoms with E-state index in [0.29, 0.717) is 5.56 Å². The maximum absolute atomic E-state index is 13.0. The number of para-hydroxylation sites is 1. The lowest BCUT2D eigenvalue weighted by atomic mass is 10.1. The number of fused-ring (bicyclic) bond motifs is 1. The van der Waals surface area contributed by atoms with Crippen LogP contribution in [-0.4, -0.2) is 12.2 Å². The van der Waals surface area contributed by atoms with Gasteiger partial charge in [0.2, 0.25) is 0 Å². The van der Waals surface area contributed by atoms with Crippen LogP contribution in [-0.2, 0) is 6.42 Å². The summed E-state index contributed by atoms with van der Waals surface area (Å²) in [5.41, 5.74) is 0.363. The van der Waals surface area contributed by atoms with Crippen LogP contribution in [0, 0.1) is 5.82 Å². The predicted octanol–water partition coefficient (Wildman–Crippen LogP) is 2.72. The SMILES string of the molecule is Fc1cccc2c1NC(C(F)(F)F)C2. The Hall–Kier alpha value is -1.26. The summed E-state index contributed by atoms with van der Waals surface area (Å²) in [7, 11) is 0. The van der Waals surface area contributed by atoms with Crippen molar-refractivity contribution in [3.05, 3.63) is 29.6 Å². The first kappa shape index (κ1) is 9.30. The highest BCUT2D eigenvalue weighted by molar-refractivity contribution is 5.58. The van der Waals surface area contributed by atoms with Gasteiger partial charge in [-0.1, -0.05) is 12.1 Å². The number of nitrogens with one attached hydrogen (secondary N) is 1. The highest BCUT2D eigenvalue weighted by atomic mass is 19.4. The molecule has 0 saturated carbocycles. The van der Waals surface area contributed by atoms with Crippen molar-refractivity contribution in [2.24, 2.45) is 0 Å². The van der Waals surface area contributed by atoms with Gasteiger partial charge in [0.05, 0.1) is 5.69 Å². The number of hydrogen-bond acceptors (Lipinski definition) is 1. The van der Waals surface area contributed by atoms with Crippen LogP contribution >= 0.6 is 0 Å². The lowest BCUT2D eigenvalue weighted by Gasteiger charge is -2.14. The number of halogens is 4. The lowest BCUT2D eigenvalue weighted by molar-refractivity contribution is -0.140. The van der Waals surface area contributed by atoms with E-state index in [9.17, 15) is 17.6 Å². The van der Waals surface area contributed by atoms with Crippen molar-refractivity contribution in [1.29, 1.82) is 0 Å². The Labute approximate surface area is 77.7 Å². The van der Waals surface area contributed by atoms with Crippen molar-refractivity contribution < 1.29 is 17.6 Å². The average Bonchev–Trinajstić information content (AvgIpc) is 2.48. The van der Waals surface area contributed by atoms with Gasteiger partial charge in [-0.3, -0.25) is 0 Å². The summed E-state index contributed by atoms with van der Waals surface area (Å²) in [5.74, 6) is -0.630. The van der Waals surface area contributed by atoms with Crippen molar-refractivity contribution in [2.75, 3.05) is 5.32 Å². The van der Waals surface area contributed by atoms with E-state index in [1.165, 1.54) is 12.1 Å². The Morgan fingerprint density at radius 2 is 2.00 bits per heavy atom. The number of benzene rings is 1. The highest BCUT2D eigenvalue weighted by Crippen LogP contribution is 2.35. The normalized spacial score (nSPS) is 20.4. The minimum Gasteiger partial charge on any atom is -0.371 e. The molecule has 2 rings (SSSR count). The summed E-state index contributed by atoms with van der Waals surface area (Å²) in [6, 6.07) is 2.39. The Morgan fingerprint density at radius 3 is 2.57 bits per heavy atom. The molecule has 1 atom stereocenters. The summed E-state index contributed by atoms with van der Waals surface area (Å²) < 4.78 is 49.8. The maximum atomic E-state index is 13.0. The number of rotatable bonds is 0. The van der Waals surface area contributed by atoms with Gasteiger partial charge in [0.1, 0.15) is 11.9 Å². The zero-order valence-electron chi connectivity index (χ0n) is 7.03. The van der Waals surface area contributed by atoms with E-state index in [4.69, 9.17) is 0 Å². The highest BCUT2D eigenvalue weighted by Gasteiger charge is 2.43. The van der Waals surface area contributed by atoms with E-state index in [-0.39, 0.29) is 12.1 Å². The summed E-state index contributed by atoms with van der Waals surface area (Å²) in [6.45, 7) is 0. The fourth-order valence-corrected chi connectivity index (χ4v) is 1.54. The molecule has 0 radical (unpaired) electrons.